The molecule has 1 saturated carbocycles. The lowest BCUT2D eigenvalue weighted by Crippen LogP contribution is -2.26. The Balaban J connectivity index is 1.33. The standard InChI is InChI=1S/C31H33N3O5S/c1-20-8-4-7-11-29(20)40(37)33-30(35)22-13-12-21(28(17-22)38-3)16-23-19-34(2)27-15-14-24(18-26(23)27)32-31(36)39-25-9-5-6-10-25/h4,7-8,11-15,17-19,25H,5-6,9-10,16H2,1-3H3,(H,32,36)(H,33,35). The van der Waals surface area contributed by atoms with Crippen LogP contribution in [0.1, 0.15) is 52.7 Å². The molecule has 1 aliphatic carbocycles. The largest absolute Gasteiger partial charge is 0.496 e. The fourth-order valence-electron chi connectivity index (χ4n) is 5.20. The number of methoxy groups -OCH3 is 1. The third-order valence-corrected chi connectivity index (χ3v) is 8.53. The van der Waals surface area contributed by atoms with Gasteiger partial charge in [0.25, 0.3) is 5.91 Å². The molecule has 1 fully saturated rings. The van der Waals surface area contributed by atoms with Crippen LogP contribution in [0.5, 0.6) is 5.75 Å². The Morgan fingerprint density at radius 1 is 1.02 bits per heavy atom. The fourth-order valence-corrected chi connectivity index (χ4v) is 6.16. The summed E-state index contributed by atoms with van der Waals surface area (Å²) in [6, 6.07) is 18.3. The van der Waals surface area contributed by atoms with Gasteiger partial charge in [0.05, 0.1) is 12.0 Å². The smallest absolute Gasteiger partial charge is 0.411 e. The summed E-state index contributed by atoms with van der Waals surface area (Å²) in [4.78, 5) is 25.9. The molecule has 1 atom stereocenters. The number of amides is 2. The first-order valence-corrected chi connectivity index (χ1v) is 14.5. The zero-order chi connectivity index (χ0) is 28.2. The number of rotatable bonds is 8. The summed E-state index contributed by atoms with van der Waals surface area (Å²) in [6.45, 7) is 1.85. The van der Waals surface area contributed by atoms with Gasteiger partial charge in [0.15, 0.2) is 11.0 Å². The van der Waals surface area contributed by atoms with Crippen LogP contribution in [0, 0.1) is 6.92 Å². The van der Waals surface area contributed by atoms with Gasteiger partial charge in [0, 0.05) is 41.8 Å². The SMILES string of the molecule is COc1cc(C(=O)NS(=O)c2ccccc2C)ccc1Cc1cn(C)c2ccc(NC(=O)OC3CCCC3)cc12. The summed E-state index contributed by atoms with van der Waals surface area (Å²) in [7, 11) is 1.87. The number of carbonyl (C=O) groups excluding carboxylic acids is 2. The molecule has 0 bridgehead atoms. The van der Waals surface area contributed by atoms with Gasteiger partial charge in [-0.05, 0) is 85.7 Å². The lowest BCUT2D eigenvalue weighted by molar-refractivity contribution is 0.0982. The second-order valence-electron chi connectivity index (χ2n) is 10.1. The summed E-state index contributed by atoms with van der Waals surface area (Å²) < 4.78 is 28.5. The summed E-state index contributed by atoms with van der Waals surface area (Å²) in [6.07, 6.45) is 6.20. The molecule has 1 heterocycles. The van der Waals surface area contributed by atoms with Crippen LogP contribution in [0.2, 0.25) is 0 Å². The summed E-state index contributed by atoms with van der Waals surface area (Å²) in [5.74, 6) is 0.109. The van der Waals surface area contributed by atoms with Gasteiger partial charge in [-0.2, -0.15) is 0 Å². The highest BCUT2D eigenvalue weighted by atomic mass is 32.2. The lowest BCUT2D eigenvalue weighted by atomic mass is 10.0. The number of nitrogens with one attached hydrogen (secondary N) is 2. The molecule has 2 amide bonds. The van der Waals surface area contributed by atoms with E-state index in [2.05, 4.69) is 16.2 Å². The predicted octanol–water partition coefficient (Wildman–Crippen LogP) is 6.03. The van der Waals surface area contributed by atoms with Crippen LogP contribution in [0.4, 0.5) is 10.5 Å². The Labute approximate surface area is 236 Å². The number of aromatic nitrogens is 1. The van der Waals surface area contributed by atoms with Crippen molar-refractivity contribution in [2.75, 3.05) is 12.4 Å². The van der Waals surface area contributed by atoms with Crippen molar-refractivity contribution in [1.82, 2.24) is 9.29 Å². The van der Waals surface area contributed by atoms with Gasteiger partial charge >= 0.3 is 6.09 Å². The molecule has 40 heavy (non-hydrogen) atoms. The van der Waals surface area contributed by atoms with Crippen molar-refractivity contribution in [2.24, 2.45) is 7.05 Å². The summed E-state index contributed by atoms with van der Waals surface area (Å²) >= 11 is 0. The van der Waals surface area contributed by atoms with E-state index in [4.69, 9.17) is 9.47 Å². The summed E-state index contributed by atoms with van der Waals surface area (Å²) in [5.41, 5.74) is 4.83. The molecule has 3 aromatic carbocycles. The Morgan fingerprint density at radius 2 is 1.80 bits per heavy atom. The number of hydrogen-bond acceptors (Lipinski definition) is 5. The first kappa shape index (κ1) is 27.5. The number of nitrogens with zero attached hydrogens (tertiary/aromatic N) is 1. The Bertz CT molecular complexity index is 1590. The lowest BCUT2D eigenvalue weighted by Gasteiger charge is -2.13. The van der Waals surface area contributed by atoms with Crippen molar-refractivity contribution in [3.05, 3.63) is 89.1 Å². The molecular formula is C31H33N3O5S. The van der Waals surface area contributed by atoms with Gasteiger partial charge in [-0.3, -0.25) is 14.8 Å². The minimum Gasteiger partial charge on any atom is -0.496 e. The van der Waals surface area contributed by atoms with E-state index >= 15 is 0 Å². The van der Waals surface area contributed by atoms with E-state index in [0.29, 0.717) is 28.3 Å². The van der Waals surface area contributed by atoms with Crippen molar-refractivity contribution < 1.29 is 23.3 Å². The highest BCUT2D eigenvalue weighted by Gasteiger charge is 2.20. The van der Waals surface area contributed by atoms with Crippen molar-refractivity contribution in [1.29, 1.82) is 0 Å². The highest BCUT2D eigenvalue weighted by molar-refractivity contribution is 7.83. The molecule has 1 aromatic heterocycles. The van der Waals surface area contributed by atoms with Gasteiger partial charge in [-0.25, -0.2) is 9.00 Å². The molecule has 0 saturated heterocycles. The topological polar surface area (TPSA) is 98.7 Å². The average molecular weight is 560 g/mol. The van der Waals surface area contributed by atoms with E-state index in [1.54, 1.807) is 31.4 Å². The second kappa shape index (κ2) is 12.0. The van der Waals surface area contributed by atoms with Gasteiger partial charge in [-0.15, -0.1) is 0 Å². The van der Waals surface area contributed by atoms with E-state index < -0.39 is 23.0 Å². The Kier molecular flexibility index (Phi) is 8.21. The zero-order valence-electron chi connectivity index (χ0n) is 22.9. The molecule has 5 rings (SSSR count). The van der Waals surface area contributed by atoms with Crippen molar-refractivity contribution in [3.63, 3.8) is 0 Å². The number of aryl methyl sites for hydroxylation is 2. The monoisotopic (exact) mass is 559 g/mol. The molecule has 0 spiro atoms. The van der Waals surface area contributed by atoms with E-state index in [-0.39, 0.29) is 6.10 Å². The minimum atomic E-state index is -1.67. The first-order valence-electron chi connectivity index (χ1n) is 13.3. The molecule has 1 unspecified atom stereocenters. The zero-order valence-corrected chi connectivity index (χ0v) is 23.7. The predicted molar refractivity (Wildman–Crippen MR) is 156 cm³/mol. The molecule has 8 nitrogen and oxygen atoms in total. The van der Waals surface area contributed by atoms with Crippen LogP contribution in [0.3, 0.4) is 0 Å². The number of hydrogen-bond donors (Lipinski definition) is 2. The van der Waals surface area contributed by atoms with E-state index in [9.17, 15) is 13.8 Å². The molecule has 4 aromatic rings. The van der Waals surface area contributed by atoms with Gasteiger partial charge in [0.2, 0.25) is 0 Å². The third kappa shape index (κ3) is 6.04. The van der Waals surface area contributed by atoms with E-state index in [1.165, 1.54) is 0 Å². The maximum atomic E-state index is 12.9. The van der Waals surface area contributed by atoms with Crippen LogP contribution in [-0.2, 0) is 29.2 Å². The normalized spacial score (nSPS) is 14.2. The molecule has 2 N–H and O–H groups in total. The van der Waals surface area contributed by atoms with Gasteiger partial charge in [0.1, 0.15) is 11.9 Å². The van der Waals surface area contributed by atoms with Crippen LogP contribution < -0.4 is 14.8 Å². The minimum absolute atomic E-state index is 0.00372. The summed E-state index contributed by atoms with van der Waals surface area (Å²) in [5, 5.41) is 3.87. The van der Waals surface area contributed by atoms with E-state index in [0.717, 1.165) is 53.3 Å². The number of fused-ring (bicyclic) bond motifs is 1. The Morgan fingerprint density at radius 3 is 2.55 bits per heavy atom. The maximum Gasteiger partial charge on any atom is 0.411 e. The average Bonchev–Trinajstić information content (AvgIpc) is 3.56. The third-order valence-electron chi connectivity index (χ3n) is 7.30. The van der Waals surface area contributed by atoms with E-state index in [1.807, 2.05) is 54.9 Å². The fraction of sp³-hybridized carbons (Fsp3) is 0.290. The van der Waals surface area contributed by atoms with Crippen LogP contribution in [0.25, 0.3) is 10.9 Å². The number of ether oxygens (including phenoxy) is 2. The maximum absolute atomic E-state index is 12.9. The van der Waals surface area contributed by atoms with Crippen LogP contribution >= 0.6 is 0 Å². The molecular weight excluding hydrogens is 526 g/mol. The number of anilines is 1. The highest BCUT2D eigenvalue weighted by Crippen LogP contribution is 2.30. The Hall–Kier alpha value is -4.11. The number of benzene rings is 3. The van der Waals surface area contributed by atoms with Crippen molar-refractivity contribution in [3.8, 4) is 5.75 Å². The first-order chi connectivity index (χ1) is 19.3. The quantitative estimate of drug-likeness (QED) is 0.275. The van der Waals surface area contributed by atoms with Crippen LogP contribution in [-0.4, -0.2) is 34.0 Å². The van der Waals surface area contributed by atoms with Gasteiger partial charge in [-0.1, -0.05) is 24.3 Å². The molecule has 1 aliphatic rings. The van der Waals surface area contributed by atoms with Gasteiger partial charge < -0.3 is 14.0 Å². The van der Waals surface area contributed by atoms with Crippen molar-refractivity contribution in [2.45, 2.75) is 50.0 Å². The molecule has 208 valence electrons. The number of carbonyl (C=O) groups is 2. The van der Waals surface area contributed by atoms with Crippen LogP contribution in [0.15, 0.2) is 71.8 Å². The molecule has 0 aliphatic heterocycles. The molecule has 9 heteroatoms. The molecule has 0 radical (unpaired) electrons. The second-order valence-corrected chi connectivity index (χ2v) is 11.3. The van der Waals surface area contributed by atoms with Crippen molar-refractivity contribution >= 4 is 39.6 Å².